The van der Waals surface area contributed by atoms with Crippen molar-refractivity contribution in [2.45, 2.75) is 83.7 Å². The summed E-state index contributed by atoms with van der Waals surface area (Å²) >= 11 is 0. The topological polar surface area (TPSA) is 9.23 Å². The number of fused-ring (bicyclic) bond motifs is 3. The Hall–Kier alpha value is -2.14. The van der Waals surface area contributed by atoms with Crippen LogP contribution in [-0.4, -0.2) is 12.7 Å². The summed E-state index contributed by atoms with van der Waals surface area (Å²) in [5.74, 6) is -3.76. The standard InChI is InChI=1S/C29H34F4O/c1-3-5-7-9-23-13-11-18(17-34-23)10-12-20-15-22-16-21-14-19(8-6-4-2)26(30)28(32)24(21)25(22)29(33)27(20)31/h4,14-15,18,23H,2-3,5-13,16-17H2,1H3. The van der Waals surface area contributed by atoms with Crippen LogP contribution in [-0.2, 0) is 24.0 Å². The van der Waals surface area contributed by atoms with Crippen LogP contribution in [0.2, 0.25) is 0 Å². The largest absolute Gasteiger partial charge is 0.378 e. The van der Waals surface area contributed by atoms with E-state index in [0.29, 0.717) is 54.6 Å². The number of aryl methyl sites for hydroxylation is 2. The zero-order chi connectivity index (χ0) is 24.2. The van der Waals surface area contributed by atoms with Gasteiger partial charge in [-0.05, 0) is 79.5 Å². The van der Waals surface area contributed by atoms with Gasteiger partial charge in [-0.25, -0.2) is 17.6 Å². The lowest BCUT2D eigenvalue weighted by Gasteiger charge is -2.29. The molecule has 5 heteroatoms. The van der Waals surface area contributed by atoms with E-state index in [1.165, 1.54) is 19.3 Å². The van der Waals surface area contributed by atoms with Gasteiger partial charge in [-0.1, -0.05) is 44.4 Å². The van der Waals surface area contributed by atoms with Crippen LogP contribution in [0.3, 0.4) is 0 Å². The number of allylic oxidation sites excluding steroid dienone is 1. The molecule has 1 aliphatic carbocycles. The van der Waals surface area contributed by atoms with Gasteiger partial charge in [-0.3, -0.25) is 0 Å². The highest BCUT2D eigenvalue weighted by atomic mass is 19.2. The normalized spacial score (nSPS) is 19.2. The summed E-state index contributed by atoms with van der Waals surface area (Å²) in [5.41, 5.74) is 1.33. The van der Waals surface area contributed by atoms with Gasteiger partial charge < -0.3 is 4.74 Å². The minimum Gasteiger partial charge on any atom is -0.378 e. The average molecular weight is 475 g/mol. The van der Waals surface area contributed by atoms with Gasteiger partial charge in [0.15, 0.2) is 23.3 Å². The first-order valence-corrected chi connectivity index (χ1v) is 12.7. The third-order valence-electron chi connectivity index (χ3n) is 7.39. The van der Waals surface area contributed by atoms with E-state index in [9.17, 15) is 13.2 Å². The van der Waals surface area contributed by atoms with Gasteiger partial charge in [0.25, 0.3) is 0 Å². The van der Waals surface area contributed by atoms with E-state index in [4.69, 9.17) is 4.74 Å². The number of hydrogen-bond donors (Lipinski definition) is 0. The molecule has 2 unspecified atom stereocenters. The number of ether oxygens (including phenoxy) is 1. The van der Waals surface area contributed by atoms with Crippen molar-refractivity contribution in [3.8, 4) is 11.1 Å². The lowest BCUT2D eigenvalue weighted by Crippen LogP contribution is -2.26. The van der Waals surface area contributed by atoms with Crippen molar-refractivity contribution in [2.24, 2.45) is 5.92 Å². The van der Waals surface area contributed by atoms with Gasteiger partial charge in [-0.2, -0.15) is 0 Å². The van der Waals surface area contributed by atoms with Crippen LogP contribution in [0.5, 0.6) is 0 Å². The Morgan fingerprint density at radius 3 is 2.09 bits per heavy atom. The maximum Gasteiger partial charge on any atom is 0.167 e. The molecule has 0 saturated carbocycles. The minimum atomic E-state index is -1.09. The highest BCUT2D eigenvalue weighted by Crippen LogP contribution is 2.43. The summed E-state index contributed by atoms with van der Waals surface area (Å²) in [5, 5.41) is 0. The van der Waals surface area contributed by atoms with Crippen molar-refractivity contribution in [3.05, 3.63) is 70.3 Å². The van der Waals surface area contributed by atoms with E-state index in [1.54, 1.807) is 18.2 Å². The van der Waals surface area contributed by atoms with Crippen LogP contribution in [0.4, 0.5) is 17.6 Å². The molecule has 34 heavy (non-hydrogen) atoms. The SMILES string of the molecule is C=CCCc1cc2c(c(F)c1F)-c1c(cc(CCC3CCC(CCCCC)OC3)c(F)c1F)C2. The second-order valence-corrected chi connectivity index (χ2v) is 9.83. The number of benzene rings is 2. The van der Waals surface area contributed by atoms with Gasteiger partial charge in [0.05, 0.1) is 6.10 Å². The third kappa shape index (κ3) is 5.10. The average Bonchev–Trinajstić information content (AvgIpc) is 3.21. The van der Waals surface area contributed by atoms with E-state index in [2.05, 4.69) is 13.5 Å². The van der Waals surface area contributed by atoms with Crippen molar-refractivity contribution in [1.82, 2.24) is 0 Å². The molecule has 0 radical (unpaired) electrons. The smallest absolute Gasteiger partial charge is 0.167 e. The Balaban J connectivity index is 1.46. The van der Waals surface area contributed by atoms with E-state index < -0.39 is 23.3 Å². The first-order chi connectivity index (χ1) is 16.4. The molecular weight excluding hydrogens is 440 g/mol. The first-order valence-electron chi connectivity index (χ1n) is 12.7. The summed E-state index contributed by atoms with van der Waals surface area (Å²) < 4.78 is 65.6. The van der Waals surface area contributed by atoms with E-state index in [-0.39, 0.29) is 23.1 Å². The molecule has 2 aliphatic rings. The highest BCUT2D eigenvalue weighted by molar-refractivity contribution is 5.79. The van der Waals surface area contributed by atoms with Gasteiger partial charge >= 0.3 is 0 Å². The molecule has 0 N–H and O–H groups in total. The molecule has 0 aromatic heterocycles. The van der Waals surface area contributed by atoms with Crippen LogP contribution >= 0.6 is 0 Å². The van der Waals surface area contributed by atoms with Gasteiger partial charge in [0, 0.05) is 17.7 Å². The summed E-state index contributed by atoms with van der Waals surface area (Å²) in [7, 11) is 0. The summed E-state index contributed by atoms with van der Waals surface area (Å²) in [6, 6.07) is 3.23. The number of hydrogen-bond acceptors (Lipinski definition) is 1. The molecular formula is C29H34F4O. The van der Waals surface area contributed by atoms with Crippen LogP contribution in [0.1, 0.15) is 80.5 Å². The highest BCUT2D eigenvalue weighted by Gasteiger charge is 2.32. The molecule has 2 atom stereocenters. The van der Waals surface area contributed by atoms with E-state index >= 15 is 4.39 Å². The third-order valence-corrected chi connectivity index (χ3v) is 7.39. The number of rotatable bonds is 10. The molecule has 2 aromatic carbocycles. The van der Waals surface area contributed by atoms with Gasteiger partial charge in [0.2, 0.25) is 0 Å². The summed E-state index contributed by atoms with van der Waals surface area (Å²) in [6.07, 6.45) is 11.0. The minimum absolute atomic E-state index is 0.126. The Morgan fingerprint density at radius 1 is 0.882 bits per heavy atom. The molecule has 4 rings (SSSR count). The summed E-state index contributed by atoms with van der Waals surface area (Å²) in [6.45, 7) is 6.47. The quantitative estimate of drug-likeness (QED) is 0.163. The van der Waals surface area contributed by atoms with Gasteiger partial charge in [-0.15, -0.1) is 6.58 Å². The molecule has 184 valence electrons. The predicted octanol–water partition coefficient (Wildman–Crippen LogP) is 8.24. The zero-order valence-corrected chi connectivity index (χ0v) is 20.0. The fourth-order valence-corrected chi connectivity index (χ4v) is 5.42. The maximum absolute atomic E-state index is 15.1. The Kier molecular flexibility index (Phi) is 8.13. The molecule has 2 aromatic rings. The lowest BCUT2D eigenvalue weighted by molar-refractivity contribution is -0.0226. The molecule has 1 saturated heterocycles. The zero-order valence-electron chi connectivity index (χ0n) is 20.0. The molecule has 1 fully saturated rings. The van der Waals surface area contributed by atoms with E-state index in [0.717, 1.165) is 25.7 Å². The molecule has 0 spiro atoms. The van der Waals surface area contributed by atoms with E-state index in [1.807, 2.05) is 0 Å². The molecule has 0 amide bonds. The number of unbranched alkanes of at least 4 members (excludes halogenated alkanes) is 2. The van der Waals surface area contributed by atoms with Gasteiger partial charge in [0.1, 0.15) is 0 Å². The fourth-order valence-electron chi connectivity index (χ4n) is 5.42. The Bertz CT molecular complexity index is 1040. The lowest BCUT2D eigenvalue weighted by atomic mass is 9.90. The second-order valence-electron chi connectivity index (χ2n) is 9.83. The molecule has 1 heterocycles. The predicted molar refractivity (Wildman–Crippen MR) is 128 cm³/mol. The van der Waals surface area contributed by atoms with Crippen LogP contribution < -0.4 is 0 Å². The Morgan fingerprint density at radius 2 is 1.53 bits per heavy atom. The Labute approximate surface area is 200 Å². The van der Waals surface area contributed by atoms with Crippen molar-refractivity contribution in [1.29, 1.82) is 0 Å². The van der Waals surface area contributed by atoms with Crippen molar-refractivity contribution >= 4 is 0 Å². The number of halogens is 4. The van der Waals surface area contributed by atoms with Crippen LogP contribution in [0, 0.1) is 29.2 Å². The van der Waals surface area contributed by atoms with Crippen molar-refractivity contribution < 1.29 is 22.3 Å². The molecule has 0 bridgehead atoms. The van der Waals surface area contributed by atoms with Crippen molar-refractivity contribution in [3.63, 3.8) is 0 Å². The van der Waals surface area contributed by atoms with Crippen LogP contribution in [0.15, 0.2) is 24.8 Å². The molecule has 1 aliphatic heterocycles. The monoisotopic (exact) mass is 474 g/mol. The second kappa shape index (κ2) is 11.1. The fraction of sp³-hybridized carbons (Fsp3) is 0.517. The first kappa shape index (κ1) is 25.0. The molecule has 1 nitrogen and oxygen atoms in total. The summed E-state index contributed by atoms with van der Waals surface area (Å²) in [4.78, 5) is 0. The van der Waals surface area contributed by atoms with Crippen LogP contribution in [0.25, 0.3) is 11.1 Å². The maximum atomic E-state index is 15.1. The van der Waals surface area contributed by atoms with Crippen molar-refractivity contribution in [2.75, 3.05) is 6.61 Å².